The molecule has 1 atom stereocenters. The largest absolute Gasteiger partial charge is 0.382 e. The highest BCUT2D eigenvalue weighted by atomic mass is 14.9. The Hall–Kier alpha value is -1.75. The zero-order valence-corrected chi connectivity index (χ0v) is 8.61. The third kappa shape index (κ3) is 2.60. The zero-order valence-electron chi connectivity index (χ0n) is 8.61. The van der Waals surface area contributed by atoms with Crippen molar-refractivity contribution >= 4 is 5.69 Å². The van der Waals surface area contributed by atoms with Crippen molar-refractivity contribution in [3.8, 4) is 6.07 Å². The summed E-state index contributed by atoms with van der Waals surface area (Å²) in [5.41, 5.74) is 2.09. The van der Waals surface area contributed by atoms with Gasteiger partial charge in [0.1, 0.15) is 0 Å². The molecular formula is C13H14N2. The van der Waals surface area contributed by atoms with E-state index in [-0.39, 0.29) is 0 Å². The standard InChI is InChI=1S/C13H14N2/c14-10-11-6-8-13(9-7-11)15-12-4-2-1-3-5-12/h1-6,13,15H,7-9H2. The van der Waals surface area contributed by atoms with Crippen LogP contribution < -0.4 is 5.32 Å². The number of rotatable bonds is 2. The van der Waals surface area contributed by atoms with Gasteiger partial charge in [0.25, 0.3) is 0 Å². The lowest BCUT2D eigenvalue weighted by Gasteiger charge is -2.21. The monoisotopic (exact) mass is 198 g/mol. The second-order valence-corrected chi connectivity index (χ2v) is 3.82. The summed E-state index contributed by atoms with van der Waals surface area (Å²) < 4.78 is 0. The molecule has 1 aromatic rings. The molecule has 2 rings (SSSR count). The van der Waals surface area contributed by atoms with Crippen LogP contribution in [0.15, 0.2) is 42.0 Å². The van der Waals surface area contributed by atoms with E-state index in [0.29, 0.717) is 6.04 Å². The Bertz CT molecular complexity index is 387. The van der Waals surface area contributed by atoms with Crippen molar-refractivity contribution in [2.75, 3.05) is 5.32 Å². The molecule has 1 aliphatic carbocycles. The summed E-state index contributed by atoms with van der Waals surface area (Å²) in [7, 11) is 0. The number of allylic oxidation sites excluding steroid dienone is 1. The summed E-state index contributed by atoms with van der Waals surface area (Å²) >= 11 is 0. The van der Waals surface area contributed by atoms with E-state index in [1.165, 1.54) is 0 Å². The molecule has 0 bridgehead atoms. The lowest BCUT2D eigenvalue weighted by Crippen LogP contribution is -2.21. The predicted octanol–water partition coefficient (Wildman–Crippen LogP) is 3.10. The van der Waals surface area contributed by atoms with Crippen LogP contribution >= 0.6 is 0 Å². The van der Waals surface area contributed by atoms with Gasteiger partial charge in [-0.15, -0.1) is 0 Å². The molecule has 76 valence electrons. The SMILES string of the molecule is N#CC1=CCC(Nc2ccccc2)CC1. The summed E-state index contributed by atoms with van der Waals surface area (Å²) in [6.07, 6.45) is 4.96. The molecule has 0 heterocycles. The first-order chi connectivity index (χ1) is 7.38. The molecule has 0 fully saturated rings. The van der Waals surface area contributed by atoms with E-state index in [1.54, 1.807) is 0 Å². The van der Waals surface area contributed by atoms with Gasteiger partial charge in [-0.25, -0.2) is 0 Å². The minimum atomic E-state index is 0.476. The quantitative estimate of drug-likeness (QED) is 0.792. The van der Waals surface area contributed by atoms with Crippen LogP contribution in [0.2, 0.25) is 0 Å². The summed E-state index contributed by atoms with van der Waals surface area (Å²) in [5.74, 6) is 0. The maximum absolute atomic E-state index is 8.73. The highest BCUT2D eigenvalue weighted by Gasteiger charge is 2.13. The molecule has 1 aliphatic rings. The van der Waals surface area contributed by atoms with E-state index in [0.717, 1.165) is 30.5 Å². The van der Waals surface area contributed by atoms with Crippen molar-refractivity contribution < 1.29 is 0 Å². The van der Waals surface area contributed by atoms with Crippen molar-refractivity contribution in [2.24, 2.45) is 0 Å². The Morgan fingerprint density at radius 1 is 1.27 bits per heavy atom. The molecule has 0 saturated carbocycles. The van der Waals surface area contributed by atoms with Gasteiger partial charge in [0, 0.05) is 17.3 Å². The molecular weight excluding hydrogens is 184 g/mol. The average molecular weight is 198 g/mol. The molecule has 0 spiro atoms. The maximum atomic E-state index is 8.73. The molecule has 2 nitrogen and oxygen atoms in total. The average Bonchev–Trinajstić information content (AvgIpc) is 2.31. The first kappa shape index (κ1) is 9.79. The van der Waals surface area contributed by atoms with Crippen LogP contribution in [0, 0.1) is 11.3 Å². The van der Waals surface area contributed by atoms with Gasteiger partial charge in [-0.05, 0) is 31.4 Å². The molecule has 15 heavy (non-hydrogen) atoms. The van der Waals surface area contributed by atoms with Crippen LogP contribution in [-0.2, 0) is 0 Å². The second kappa shape index (κ2) is 4.65. The fraction of sp³-hybridized carbons (Fsp3) is 0.308. The van der Waals surface area contributed by atoms with E-state index in [4.69, 9.17) is 5.26 Å². The summed E-state index contributed by atoms with van der Waals surface area (Å²) in [4.78, 5) is 0. The van der Waals surface area contributed by atoms with Crippen LogP contribution in [-0.4, -0.2) is 6.04 Å². The Kier molecular flexibility index (Phi) is 3.04. The summed E-state index contributed by atoms with van der Waals surface area (Å²) in [5, 5.41) is 12.2. The molecule has 0 radical (unpaired) electrons. The molecule has 0 saturated heterocycles. The van der Waals surface area contributed by atoms with E-state index in [2.05, 4.69) is 23.5 Å². The first-order valence-corrected chi connectivity index (χ1v) is 5.29. The first-order valence-electron chi connectivity index (χ1n) is 5.29. The van der Waals surface area contributed by atoms with Gasteiger partial charge >= 0.3 is 0 Å². The number of para-hydroxylation sites is 1. The number of nitrogens with zero attached hydrogens (tertiary/aromatic N) is 1. The van der Waals surface area contributed by atoms with Crippen molar-refractivity contribution in [3.05, 3.63) is 42.0 Å². The highest BCUT2D eigenvalue weighted by Crippen LogP contribution is 2.20. The van der Waals surface area contributed by atoms with Crippen LogP contribution in [0.4, 0.5) is 5.69 Å². The van der Waals surface area contributed by atoms with E-state index in [9.17, 15) is 0 Å². The molecule has 1 N–H and O–H groups in total. The third-order valence-corrected chi connectivity index (χ3v) is 2.70. The smallest absolute Gasteiger partial charge is 0.0943 e. The Morgan fingerprint density at radius 3 is 2.67 bits per heavy atom. The van der Waals surface area contributed by atoms with Crippen molar-refractivity contribution in [2.45, 2.75) is 25.3 Å². The number of nitriles is 1. The van der Waals surface area contributed by atoms with Gasteiger partial charge in [-0.1, -0.05) is 24.3 Å². The fourth-order valence-electron chi connectivity index (χ4n) is 1.84. The number of benzene rings is 1. The van der Waals surface area contributed by atoms with Gasteiger partial charge in [0.05, 0.1) is 6.07 Å². The maximum Gasteiger partial charge on any atom is 0.0943 e. The summed E-state index contributed by atoms with van der Waals surface area (Å²) in [6, 6.07) is 12.9. The van der Waals surface area contributed by atoms with Crippen LogP contribution in [0.25, 0.3) is 0 Å². The fourth-order valence-corrected chi connectivity index (χ4v) is 1.84. The van der Waals surface area contributed by atoms with Crippen molar-refractivity contribution in [1.29, 1.82) is 5.26 Å². The highest BCUT2D eigenvalue weighted by molar-refractivity contribution is 5.44. The number of hydrogen-bond donors (Lipinski definition) is 1. The Balaban J connectivity index is 1.94. The zero-order chi connectivity index (χ0) is 10.5. The number of hydrogen-bond acceptors (Lipinski definition) is 2. The van der Waals surface area contributed by atoms with Gasteiger partial charge in [0.2, 0.25) is 0 Å². The predicted molar refractivity (Wildman–Crippen MR) is 61.4 cm³/mol. The normalized spacial score (nSPS) is 20.2. The topological polar surface area (TPSA) is 35.8 Å². The van der Waals surface area contributed by atoms with Gasteiger partial charge in [-0.3, -0.25) is 0 Å². The van der Waals surface area contributed by atoms with Crippen LogP contribution in [0.1, 0.15) is 19.3 Å². The number of nitrogens with one attached hydrogen (secondary N) is 1. The Morgan fingerprint density at radius 2 is 2.07 bits per heavy atom. The summed E-state index contributed by atoms with van der Waals surface area (Å²) in [6.45, 7) is 0. The molecule has 0 aliphatic heterocycles. The van der Waals surface area contributed by atoms with Crippen molar-refractivity contribution in [1.82, 2.24) is 0 Å². The van der Waals surface area contributed by atoms with Crippen LogP contribution in [0.3, 0.4) is 0 Å². The lowest BCUT2D eigenvalue weighted by molar-refractivity contribution is 0.633. The minimum absolute atomic E-state index is 0.476. The van der Waals surface area contributed by atoms with Gasteiger partial charge < -0.3 is 5.32 Å². The van der Waals surface area contributed by atoms with Crippen molar-refractivity contribution in [3.63, 3.8) is 0 Å². The van der Waals surface area contributed by atoms with Crippen LogP contribution in [0.5, 0.6) is 0 Å². The second-order valence-electron chi connectivity index (χ2n) is 3.82. The molecule has 0 aromatic heterocycles. The van der Waals surface area contributed by atoms with E-state index in [1.807, 2.05) is 24.3 Å². The number of anilines is 1. The van der Waals surface area contributed by atoms with E-state index >= 15 is 0 Å². The lowest BCUT2D eigenvalue weighted by atomic mass is 9.96. The third-order valence-electron chi connectivity index (χ3n) is 2.70. The molecule has 0 amide bonds. The minimum Gasteiger partial charge on any atom is -0.382 e. The molecule has 2 heteroatoms. The Labute approximate surface area is 90.2 Å². The van der Waals surface area contributed by atoms with Gasteiger partial charge in [0.15, 0.2) is 0 Å². The molecule has 1 unspecified atom stereocenters. The molecule has 1 aromatic carbocycles. The van der Waals surface area contributed by atoms with E-state index < -0.39 is 0 Å². The van der Waals surface area contributed by atoms with Gasteiger partial charge in [-0.2, -0.15) is 5.26 Å².